The number of hydrogen-bond acceptors (Lipinski definition) is 4. The zero-order valence-corrected chi connectivity index (χ0v) is 11.5. The van der Waals surface area contributed by atoms with Crippen LogP contribution in [0.15, 0.2) is 23.6 Å². The third-order valence-electron chi connectivity index (χ3n) is 3.46. The number of nitrogens with one attached hydrogen (secondary N) is 1. The van der Waals surface area contributed by atoms with Crippen LogP contribution in [0.25, 0.3) is 10.6 Å². The summed E-state index contributed by atoms with van der Waals surface area (Å²) in [5.41, 5.74) is 6.47. The maximum atomic E-state index is 12.3. The second-order valence-electron chi connectivity index (χ2n) is 4.78. The zero-order valence-electron chi connectivity index (χ0n) is 10.7. The molecule has 3 heterocycles. The van der Waals surface area contributed by atoms with E-state index in [2.05, 4.69) is 10.2 Å². The van der Waals surface area contributed by atoms with Crippen LogP contribution < -0.4 is 5.73 Å². The second-order valence-corrected chi connectivity index (χ2v) is 5.73. The lowest BCUT2D eigenvalue weighted by atomic mass is 10.1. The van der Waals surface area contributed by atoms with Crippen LogP contribution in [-0.2, 0) is 4.79 Å². The highest BCUT2D eigenvalue weighted by Gasteiger charge is 2.31. The smallest absolute Gasteiger partial charge is 0.274 e. The standard InChI is InChI=1S/C13H14N4O2S/c14-12(18)8-3-4-17(7-8)13(19)10-6-9(15-16-10)11-2-1-5-20-11/h1-2,5-6,8H,3-4,7H2,(H2,14,18)(H,15,16). The topological polar surface area (TPSA) is 92.1 Å². The number of thiophene rings is 1. The molecule has 0 spiro atoms. The molecule has 2 aromatic heterocycles. The Morgan fingerprint density at radius 1 is 1.50 bits per heavy atom. The van der Waals surface area contributed by atoms with Gasteiger partial charge in [0.05, 0.1) is 16.5 Å². The molecular weight excluding hydrogens is 276 g/mol. The van der Waals surface area contributed by atoms with Gasteiger partial charge >= 0.3 is 0 Å². The minimum absolute atomic E-state index is 0.159. The second kappa shape index (κ2) is 5.09. The van der Waals surface area contributed by atoms with Crippen LogP contribution in [0, 0.1) is 5.92 Å². The Balaban J connectivity index is 1.74. The van der Waals surface area contributed by atoms with Gasteiger partial charge in [0.2, 0.25) is 5.91 Å². The van der Waals surface area contributed by atoms with E-state index in [1.165, 1.54) is 0 Å². The molecule has 0 aromatic carbocycles. The summed E-state index contributed by atoms with van der Waals surface area (Å²) in [5.74, 6) is -0.746. The number of aromatic amines is 1. The van der Waals surface area contributed by atoms with Gasteiger partial charge in [0, 0.05) is 13.1 Å². The van der Waals surface area contributed by atoms with Gasteiger partial charge in [0.1, 0.15) is 0 Å². The Labute approximate surface area is 119 Å². The first-order chi connectivity index (χ1) is 9.65. The first-order valence-electron chi connectivity index (χ1n) is 6.33. The van der Waals surface area contributed by atoms with Gasteiger partial charge in [-0.15, -0.1) is 11.3 Å². The fraction of sp³-hybridized carbons (Fsp3) is 0.308. The van der Waals surface area contributed by atoms with Crippen LogP contribution in [0.2, 0.25) is 0 Å². The molecule has 1 atom stereocenters. The summed E-state index contributed by atoms with van der Waals surface area (Å²) in [6.45, 7) is 0.934. The summed E-state index contributed by atoms with van der Waals surface area (Å²) in [6.07, 6.45) is 0.628. The number of aromatic nitrogens is 2. The molecule has 2 aromatic rings. The highest BCUT2D eigenvalue weighted by Crippen LogP contribution is 2.24. The number of H-pyrrole nitrogens is 1. The van der Waals surface area contributed by atoms with Crippen molar-refractivity contribution < 1.29 is 9.59 Å². The third-order valence-corrected chi connectivity index (χ3v) is 4.36. The predicted molar refractivity (Wildman–Crippen MR) is 75.1 cm³/mol. The molecule has 0 saturated carbocycles. The molecule has 1 aliphatic rings. The number of primary amides is 1. The van der Waals surface area contributed by atoms with Crippen molar-refractivity contribution in [2.45, 2.75) is 6.42 Å². The molecule has 1 unspecified atom stereocenters. The molecule has 20 heavy (non-hydrogen) atoms. The van der Waals surface area contributed by atoms with Gasteiger partial charge in [-0.25, -0.2) is 0 Å². The molecule has 6 nitrogen and oxygen atoms in total. The van der Waals surface area contributed by atoms with Crippen molar-refractivity contribution in [1.82, 2.24) is 15.1 Å². The molecule has 0 aliphatic carbocycles. The van der Waals surface area contributed by atoms with Gasteiger partial charge in [0.15, 0.2) is 5.69 Å². The molecule has 0 radical (unpaired) electrons. The van der Waals surface area contributed by atoms with Crippen molar-refractivity contribution in [3.05, 3.63) is 29.3 Å². The Hall–Kier alpha value is -2.15. The van der Waals surface area contributed by atoms with Crippen molar-refractivity contribution in [3.63, 3.8) is 0 Å². The average molecular weight is 290 g/mol. The Kier molecular flexibility index (Phi) is 3.27. The number of carbonyl (C=O) groups is 2. The third kappa shape index (κ3) is 2.32. The van der Waals surface area contributed by atoms with Crippen LogP contribution in [0.5, 0.6) is 0 Å². The van der Waals surface area contributed by atoms with Crippen LogP contribution >= 0.6 is 11.3 Å². The van der Waals surface area contributed by atoms with Gasteiger partial charge in [-0.05, 0) is 23.9 Å². The van der Waals surface area contributed by atoms with Crippen LogP contribution in [0.1, 0.15) is 16.9 Å². The maximum Gasteiger partial charge on any atom is 0.274 e. The van der Waals surface area contributed by atoms with E-state index in [1.807, 2.05) is 17.5 Å². The Morgan fingerprint density at radius 2 is 2.35 bits per heavy atom. The van der Waals surface area contributed by atoms with Crippen LogP contribution in [-0.4, -0.2) is 40.0 Å². The fourth-order valence-corrected chi connectivity index (χ4v) is 3.02. The Morgan fingerprint density at radius 3 is 3.00 bits per heavy atom. The summed E-state index contributed by atoms with van der Waals surface area (Å²) in [5, 5.41) is 8.90. The molecule has 104 valence electrons. The van der Waals surface area contributed by atoms with E-state index in [-0.39, 0.29) is 17.7 Å². The van der Waals surface area contributed by atoms with E-state index < -0.39 is 0 Å². The lowest BCUT2D eigenvalue weighted by Crippen LogP contribution is -2.31. The minimum Gasteiger partial charge on any atom is -0.369 e. The minimum atomic E-state index is -0.346. The van der Waals surface area contributed by atoms with E-state index in [0.29, 0.717) is 25.2 Å². The van der Waals surface area contributed by atoms with Gasteiger partial charge in [-0.1, -0.05) is 6.07 Å². The maximum absolute atomic E-state index is 12.3. The molecule has 7 heteroatoms. The lowest BCUT2D eigenvalue weighted by Gasteiger charge is -2.13. The van der Waals surface area contributed by atoms with Gasteiger partial charge in [-0.3, -0.25) is 14.7 Å². The van der Waals surface area contributed by atoms with E-state index in [0.717, 1.165) is 10.6 Å². The molecule has 3 N–H and O–H groups in total. The summed E-state index contributed by atoms with van der Waals surface area (Å²) in [6, 6.07) is 5.65. The molecule has 2 amide bonds. The fourth-order valence-electron chi connectivity index (χ4n) is 2.33. The average Bonchev–Trinajstić information content (AvgIpc) is 3.17. The van der Waals surface area contributed by atoms with Crippen molar-refractivity contribution in [3.8, 4) is 10.6 Å². The van der Waals surface area contributed by atoms with Gasteiger partial charge < -0.3 is 10.6 Å². The lowest BCUT2D eigenvalue weighted by molar-refractivity contribution is -0.121. The SMILES string of the molecule is NC(=O)C1CCN(C(=O)c2cc(-c3cccs3)[nH]n2)C1. The number of hydrogen-bond donors (Lipinski definition) is 2. The van der Waals surface area contributed by atoms with Crippen LogP contribution in [0.4, 0.5) is 0 Å². The number of likely N-dealkylation sites (tertiary alicyclic amines) is 1. The van der Waals surface area contributed by atoms with E-state index in [9.17, 15) is 9.59 Å². The molecule has 0 bridgehead atoms. The van der Waals surface area contributed by atoms with Gasteiger partial charge in [0.25, 0.3) is 5.91 Å². The molecule has 3 rings (SSSR count). The first-order valence-corrected chi connectivity index (χ1v) is 7.21. The largest absolute Gasteiger partial charge is 0.369 e. The van der Waals surface area contributed by atoms with E-state index in [4.69, 9.17) is 5.73 Å². The monoisotopic (exact) mass is 290 g/mol. The van der Waals surface area contributed by atoms with Crippen molar-refractivity contribution >= 4 is 23.2 Å². The number of carbonyl (C=O) groups excluding carboxylic acids is 2. The van der Waals surface area contributed by atoms with Crippen molar-refractivity contribution in [2.75, 3.05) is 13.1 Å². The molecule has 1 fully saturated rings. The zero-order chi connectivity index (χ0) is 14.1. The summed E-state index contributed by atoms with van der Waals surface area (Å²) in [7, 11) is 0. The van der Waals surface area contributed by atoms with Gasteiger partial charge in [-0.2, -0.15) is 5.10 Å². The number of rotatable bonds is 3. The number of nitrogens with two attached hydrogens (primary N) is 1. The normalized spacial score (nSPS) is 18.4. The van der Waals surface area contributed by atoms with Crippen molar-refractivity contribution in [1.29, 1.82) is 0 Å². The van der Waals surface area contributed by atoms with Crippen molar-refractivity contribution in [2.24, 2.45) is 11.7 Å². The predicted octanol–water partition coefficient (Wildman–Crippen LogP) is 1.09. The summed E-state index contributed by atoms with van der Waals surface area (Å²) in [4.78, 5) is 26.1. The number of amides is 2. The quantitative estimate of drug-likeness (QED) is 0.886. The molecule has 1 aliphatic heterocycles. The van der Waals surface area contributed by atoms with Crippen LogP contribution in [0.3, 0.4) is 0 Å². The molecular formula is C13H14N4O2S. The van der Waals surface area contributed by atoms with E-state index in [1.54, 1.807) is 22.3 Å². The summed E-state index contributed by atoms with van der Waals surface area (Å²) >= 11 is 1.58. The first kappa shape index (κ1) is 12.9. The highest BCUT2D eigenvalue weighted by molar-refractivity contribution is 7.13. The highest BCUT2D eigenvalue weighted by atomic mass is 32.1. The number of nitrogens with zero attached hydrogens (tertiary/aromatic N) is 2. The molecule has 1 saturated heterocycles. The summed E-state index contributed by atoms with van der Waals surface area (Å²) < 4.78 is 0. The Bertz CT molecular complexity index is 635. The van der Waals surface area contributed by atoms with E-state index >= 15 is 0 Å².